The van der Waals surface area contributed by atoms with E-state index in [-0.39, 0.29) is 5.69 Å². The van der Waals surface area contributed by atoms with E-state index in [0.29, 0.717) is 12.2 Å². The van der Waals surface area contributed by atoms with Crippen molar-refractivity contribution in [3.05, 3.63) is 33.9 Å². The van der Waals surface area contributed by atoms with Crippen molar-refractivity contribution >= 4 is 11.4 Å². The Kier molecular flexibility index (Phi) is 4.95. The normalized spacial score (nSPS) is 16.5. The summed E-state index contributed by atoms with van der Waals surface area (Å²) in [7, 11) is 2.06. The van der Waals surface area contributed by atoms with Crippen molar-refractivity contribution in [2.75, 3.05) is 19.3 Å². The fraction of sp³-hybridized carbons (Fsp3) is 0.600. The first-order valence-electron chi connectivity index (χ1n) is 7.28. The number of nitrogens with zero attached hydrogens (tertiary/aromatic N) is 2. The quantitative estimate of drug-likeness (QED) is 0.509. The molecule has 0 bridgehead atoms. The lowest BCUT2D eigenvalue weighted by Gasteiger charge is -2.27. The lowest BCUT2D eigenvalue weighted by molar-refractivity contribution is -0.384. The zero-order valence-electron chi connectivity index (χ0n) is 12.0. The summed E-state index contributed by atoms with van der Waals surface area (Å²) in [5.74, 6) is 0.758. The van der Waals surface area contributed by atoms with E-state index in [9.17, 15) is 10.1 Å². The molecule has 0 amide bonds. The molecule has 0 aliphatic heterocycles. The van der Waals surface area contributed by atoms with Crippen LogP contribution in [-0.2, 0) is 6.54 Å². The molecule has 1 aromatic rings. The molecule has 1 aromatic carbocycles. The predicted molar refractivity (Wildman–Crippen MR) is 80.4 cm³/mol. The number of rotatable bonds is 5. The van der Waals surface area contributed by atoms with Crippen LogP contribution < -0.4 is 5.73 Å². The number of anilines is 1. The van der Waals surface area contributed by atoms with E-state index in [4.69, 9.17) is 5.73 Å². The lowest BCUT2D eigenvalue weighted by Crippen LogP contribution is -2.27. The molecule has 20 heavy (non-hydrogen) atoms. The first-order valence-corrected chi connectivity index (χ1v) is 7.28. The van der Waals surface area contributed by atoms with Crippen molar-refractivity contribution in [1.82, 2.24) is 4.90 Å². The Balaban J connectivity index is 1.98. The number of nitro groups is 1. The van der Waals surface area contributed by atoms with E-state index in [2.05, 4.69) is 11.9 Å². The van der Waals surface area contributed by atoms with Crippen molar-refractivity contribution in [3.8, 4) is 0 Å². The number of benzene rings is 1. The molecule has 2 N–H and O–H groups in total. The summed E-state index contributed by atoms with van der Waals surface area (Å²) in [5.41, 5.74) is 7.05. The molecule has 5 nitrogen and oxygen atoms in total. The molecule has 1 aliphatic rings. The van der Waals surface area contributed by atoms with E-state index in [0.717, 1.165) is 18.0 Å². The Labute approximate surface area is 119 Å². The smallest absolute Gasteiger partial charge is 0.292 e. The number of hydrogen-bond acceptors (Lipinski definition) is 4. The van der Waals surface area contributed by atoms with Gasteiger partial charge < -0.3 is 10.6 Å². The van der Waals surface area contributed by atoms with Gasteiger partial charge in [0.15, 0.2) is 0 Å². The number of nitrogens with two attached hydrogens (primary N) is 1. The first kappa shape index (κ1) is 14.8. The average Bonchev–Trinajstić information content (AvgIpc) is 2.42. The Morgan fingerprint density at radius 3 is 2.70 bits per heavy atom. The zero-order valence-corrected chi connectivity index (χ0v) is 12.0. The van der Waals surface area contributed by atoms with Gasteiger partial charge in [0.1, 0.15) is 5.69 Å². The van der Waals surface area contributed by atoms with E-state index in [1.807, 2.05) is 6.07 Å². The maximum absolute atomic E-state index is 10.9. The fourth-order valence-corrected chi connectivity index (χ4v) is 3.06. The number of nitro benzene ring substituents is 1. The summed E-state index contributed by atoms with van der Waals surface area (Å²) in [6.45, 7) is 1.71. The van der Waals surface area contributed by atoms with Gasteiger partial charge in [-0.3, -0.25) is 10.1 Å². The molecule has 2 rings (SSSR count). The summed E-state index contributed by atoms with van der Waals surface area (Å²) in [5, 5.41) is 10.9. The van der Waals surface area contributed by atoms with Crippen molar-refractivity contribution in [3.63, 3.8) is 0 Å². The van der Waals surface area contributed by atoms with Crippen molar-refractivity contribution in [2.45, 2.75) is 38.6 Å². The molecule has 0 heterocycles. The number of hydrogen-bond donors (Lipinski definition) is 1. The van der Waals surface area contributed by atoms with Gasteiger partial charge in [-0.05, 0) is 31.4 Å². The summed E-state index contributed by atoms with van der Waals surface area (Å²) >= 11 is 0. The maximum atomic E-state index is 10.9. The zero-order chi connectivity index (χ0) is 14.5. The molecule has 1 aliphatic carbocycles. The molecule has 0 spiro atoms. The van der Waals surface area contributed by atoms with Gasteiger partial charge in [-0.1, -0.05) is 31.4 Å². The van der Waals surface area contributed by atoms with Gasteiger partial charge in [0.25, 0.3) is 5.69 Å². The van der Waals surface area contributed by atoms with Crippen LogP contribution in [0.2, 0.25) is 0 Å². The van der Waals surface area contributed by atoms with Crippen LogP contribution in [0.4, 0.5) is 11.4 Å². The van der Waals surface area contributed by atoms with Crippen molar-refractivity contribution < 1.29 is 4.92 Å². The summed E-state index contributed by atoms with van der Waals surface area (Å²) in [6.07, 6.45) is 6.62. The van der Waals surface area contributed by atoms with Crippen molar-refractivity contribution in [1.29, 1.82) is 0 Å². The molecular weight excluding hydrogens is 254 g/mol. The van der Waals surface area contributed by atoms with Gasteiger partial charge in [0.2, 0.25) is 0 Å². The molecule has 0 unspecified atom stereocenters. The Morgan fingerprint density at radius 1 is 1.35 bits per heavy atom. The standard InChI is InChI=1S/C15H23N3O2/c1-17(10-12-6-3-2-4-7-12)11-13-8-5-9-14(15(13)16)18(19)20/h5,8-9,12H,2-4,6-7,10-11,16H2,1H3. The minimum absolute atomic E-state index is 0.00793. The second-order valence-electron chi connectivity index (χ2n) is 5.81. The van der Waals surface area contributed by atoms with Crippen LogP contribution in [0.1, 0.15) is 37.7 Å². The van der Waals surface area contributed by atoms with Crippen LogP contribution in [0, 0.1) is 16.0 Å². The van der Waals surface area contributed by atoms with E-state index in [1.54, 1.807) is 6.07 Å². The summed E-state index contributed by atoms with van der Waals surface area (Å²) < 4.78 is 0. The van der Waals surface area contributed by atoms with Crippen LogP contribution in [0.3, 0.4) is 0 Å². The second-order valence-corrected chi connectivity index (χ2v) is 5.81. The fourth-order valence-electron chi connectivity index (χ4n) is 3.06. The Bertz CT molecular complexity index is 470. The highest BCUT2D eigenvalue weighted by atomic mass is 16.6. The van der Waals surface area contributed by atoms with E-state index in [1.165, 1.54) is 38.2 Å². The van der Waals surface area contributed by atoms with Crippen LogP contribution >= 0.6 is 0 Å². The van der Waals surface area contributed by atoms with E-state index >= 15 is 0 Å². The van der Waals surface area contributed by atoms with Gasteiger partial charge in [0, 0.05) is 19.2 Å². The van der Waals surface area contributed by atoms with Crippen LogP contribution in [0.15, 0.2) is 18.2 Å². The SMILES string of the molecule is CN(Cc1cccc([N+](=O)[O-])c1N)CC1CCCCC1. The molecular formula is C15H23N3O2. The third-order valence-electron chi connectivity index (χ3n) is 4.10. The topological polar surface area (TPSA) is 72.4 Å². The van der Waals surface area contributed by atoms with Crippen molar-refractivity contribution in [2.24, 2.45) is 5.92 Å². The summed E-state index contributed by atoms with van der Waals surface area (Å²) in [4.78, 5) is 12.7. The third kappa shape index (κ3) is 3.70. The van der Waals surface area contributed by atoms with Gasteiger partial charge in [-0.2, -0.15) is 0 Å². The predicted octanol–water partition coefficient (Wildman–Crippen LogP) is 3.19. The number of para-hydroxylation sites is 1. The minimum Gasteiger partial charge on any atom is -0.393 e. The van der Waals surface area contributed by atoms with Crippen LogP contribution in [-0.4, -0.2) is 23.4 Å². The highest BCUT2D eigenvalue weighted by molar-refractivity contribution is 5.62. The molecule has 5 heteroatoms. The van der Waals surface area contributed by atoms with E-state index < -0.39 is 4.92 Å². The molecule has 110 valence electrons. The van der Waals surface area contributed by atoms with Crippen LogP contribution in [0.25, 0.3) is 0 Å². The molecule has 0 radical (unpaired) electrons. The molecule has 1 saturated carbocycles. The highest BCUT2D eigenvalue weighted by Crippen LogP contribution is 2.27. The van der Waals surface area contributed by atoms with Gasteiger partial charge in [-0.15, -0.1) is 0 Å². The Hall–Kier alpha value is -1.62. The first-order chi connectivity index (χ1) is 9.58. The number of nitrogen functional groups attached to an aromatic ring is 1. The van der Waals surface area contributed by atoms with Gasteiger partial charge in [-0.25, -0.2) is 0 Å². The molecule has 0 saturated heterocycles. The monoisotopic (exact) mass is 277 g/mol. The van der Waals surface area contributed by atoms with Crippen LogP contribution in [0.5, 0.6) is 0 Å². The molecule has 0 atom stereocenters. The van der Waals surface area contributed by atoms with Gasteiger partial charge >= 0.3 is 0 Å². The second kappa shape index (κ2) is 6.70. The molecule has 0 aromatic heterocycles. The maximum Gasteiger partial charge on any atom is 0.292 e. The minimum atomic E-state index is -0.417. The lowest BCUT2D eigenvalue weighted by atomic mass is 9.89. The highest BCUT2D eigenvalue weighted by Gasteiger charge is 2.18. The summed E-state index contributed by atoms with van der Waals surface area (Å²) in [6, 6.07) is 5.04. The molecule has 1 fully saturated rings. The Morgan fingerprint density at radius 2 is 2.05 bits per heavy atom. The third-order valence-corrected chi connectivity index (χ3v) is 4.10. The van der Waals surface area contributed by atoms with Gasteiger partial charge in [0.05, 0.1) is 4.92 Å². The largest absolute Gasteiger partial charge is 0.393 e. The average molecular weight is 277 g/mol.